The molecule has 4 rings (SSSR count). The number of nitrogens with one attached hydrogen (secondary N) is 2. The average molecular weight is 463 g/mol. The molecule has 2 N–H and O–H groups in total. The number of para-hydroxylation sites is 2. The third-order valence-electron chi connectivity index (χ3n) is 4.81. The van der Waals surface area contributed by atoms with Crippen molar-refractivity contribution in [2.75, 3.05) is 11.9 Å². The number of amides is 1. The van der Waals surface area contributed by atoms with Crippen LogP contribution in [-0.2, 0) is 14.8 Å². The molecule has 7 nitrogen and oxygen atoms in total. The molecule has 0 bridgehead atoms. The lowest BCUT2D eigenvalue weighted by Gasteiger charge is -2.33. The van der Waals surface area contributed by atoms with Gasteiger partial charge in [-0.3, -0.25) is 10.1 Å². The highest BCUT2D eigenvalue weighted by Gasteiger charge is 2.37. The van der Waals surface area contributed by atoms with Gasteiger partial charge < -0.3 is 4.98 Å². The first kappa shape index (κ1) is 19.1. The van der Waals surface area contributed by atoms with Crippen LogP contribution < -0.4 is 5.32 Å². The van der Waals surface area contributed by atoms with Gasteiger partial charge in [0.2, 0.25) is 21.9 Å². The molecule has 1 saturated heterocycles. The summed E-state index contributed by atoms with van der Waals surface area (Å²) in [6.07, 6.45) is 2.00. The Hall–Kier alpha value is -2.23. The van der Waals surface area contributed by atoms with Gasteiger partial charge in [0, 0.05) is 11.0 Å². The molecule has 1 fully saturated rings. The fraction of sp³-hybridized carbons (Fsp3) is 0.263. The van der Waals surface area contributed by atoms with Gasteiger partial charge in [0.15, 0.2) is 0 Å². The van der Waals surface area contributed by atoms with E-state index in [0.29, 0.717) is 18.9 Å². The van der Waals surface area contributed by atoms with Gasteiger partial charge >= 0.3 is 0 Å². The smallest absolute Gasteiger partial charge is 0.245 e. The summed E-state index contributed by atoms with van der Waals surface area (Å²) < 4.78 is 28.3. The Labute approximate surface area is 171 Å². The summed E-state index contributed by atoms with van der Waals surface area (Å²) in [7, 11) is -3.77. The summed E-state index contributed by atoms with van der Waals surface area (Å²) in [6.45, 7) is 0.316. The van der Waals surface area contributed by atoms with Crippen LogP contribution in [0, 0.1) is 0 Å². The lowest BCUT2D eigenvalue weighted by atomic mass is 10.0. The first-order valence-electron chi connectivity index (χ1n) is 8.98. The number of hydrogen-bond donors (Lipinski definition) is 2. The minimum Gasteiger partial charge on any atom is -0.324 e. The summed E-state index contributed by atoms with van der Waals surface area (Å²) in [5.74, 6) is -0.0581. The van der Waals surface area contributed by atoms with E-state index in [0.717, 1.165) is 28.3 Å². The third kappa shape index (κ3) is 3.69. The Kier molecular flexibility index (Phi) is 5.22. The minimum absolute atomic E-state index is 0.180. The predicted molar refractivity (Wildman–Crippen MR) is 110 cm³/mol. The van der Waals surface area contributed by atoms with E-state index in [1.54, 1.807) is 24.3 Å². The van der Waals surface area contributed by atoms with Crippen molar-refractivity contribution in [3.63, 3.8) is 0 Å². The molecule has 0 radical (unpaired) electrons. The number of aromatic nitrogens is 2. The number of imidazole rings is 1. The molecule has 1 amide bonds. The van der Waals surface area contributed by atoms with Gasteiger partial charge in [-0.1, -0.05) is 34.5 Å². The van der Waals surface area contributed by atoms with Crippen molar-refractivity contribution in [3.05, 3.63) is 53.0 Å². The number of benzene rings is 2. The van der Waals surface area contributed by atoms with Crippen LogP contribution in [0.2, 0.25) is 0 Å². The number of H-pyrrole nitrogens is 1. The van der Waals surface area contributed by atoms with Gasteiger partial charge in [-0.2, -0.15) is 4.31 Å². The quantitative estimate of drug-likeness (QED) is 0.619. The van der Waals surface area contributed by atoms with Gasteiger partial charge in [0.1, 0.15) is 6.04 Å². The average Bonchev–Trinajstić information content (AvgIpc) is 3.10. The van der Waals surface area contributed by atoms with Crippen molar-refractivity contribution in [2.45, 2.75) is 30.2 Å². The molecule has 3 aromatic rings. The maximum Gasteiger partial charge on any atom is 0.245 e. The van der Waals surface area contributed by atoms with Crippen molar-refractivity contribution >= 4 is 48.8 Å². The molecule has 1 aliphatic heterocycles. The molecule has 0 spiro atoms. The molecule has 0 aliphatic carbocycles. The van der Waals surface area contributed by atoms with E-state index < -0.39 is 16.1 Å². The van der Waals surface area contributed by atoms with Crippen molar-refractivity contribution in [1.82, 2.24) is 14.3 Å². The molecule has 146 valence electrons. The Morgan fingerprint density at radius 1 is 1.14 bits per heavy atom. The molecule has 1 unspecified atom stereocenters. The fourth-order valence-corrected chi connectivity index (χ4v) is 5.33. The van der Waals surface area contributed by atoms with Gasteiger partial charge in [-0.05, 0) is 49.2 Å². The number of fused-ring (bicyclic) bond motifs is 1. The van der Waals surface area contributed by atoms with Crippen molar-refractivity contribution in [1.29, 1.82) is 0 Å². The zero-order valence-corrected chi connectivity index (χ0v) is 17.3. The predicted octanol–water partition coefficient (Wildman–Crippen LogP) is 3.51. The van der Waals surface area contributed by atoms with Crippen LogP contribution in [0.1, 0.15) is 19.3 Å². The summed E-state index contributed by atoms with van der Waals surface area (Å²) in [5, 5.41) is 2.74. The molecule has 1 aliphatic rings. The number of aromatic amines is 1. The number of rotatable bonds is 4. The summed E-state index contributed by atoms with van der Waals surface area (Å²) >= 11 is 3.31. The number of hydrogen-bond acceptors (Lipinski definition) is 4. The number of nitrogens with zero attached hydrogens (tertiary/aromatic N) is 2. The maximum atomic E-state index is 13.1. The van der Waals surface area contributed by atoms with Gasteiger partial charge in [-0.15, -0.1) is 0 Å². The molecule has 2 heterocycles. The largest absolute Gasteiger partial charge is 0.324 e. The topological polar surface area (TPSA) is 95.2 Å². The van der Waals surface area contributed by atoms with E-state index in [1.807, 2.05) is 24.3 Å². The highest BCUT2D eigenvalue weighted by molar-refractivity contribution is 9.10. The molecule has 28 heavy (non-hydrogen) atoms. The Balaban J connectivity index is 1.59. The normalized spacial score (nSPS) is 18.2. The second-order valence-electron chi connectivity index (χ2n) is 6.67. The van der Waals surface area contributed by atoms with Crippen LogP contribution in [0.5, 0.6) is 0 Å². The number of piperidine rings is 1. The van der Waals surface area contributed by atoms with Crippen LogP contribution in [0.15, 0.2) is 57.9 Å². The SMILES string of the molecule is O=C(Nc1nc2ccccc2[nH]1)C1CCCCN1S(=O)(=O)c1ccc(Br)cc1. The van der Waals surface area contributed by atoms with Crippen LogP contribution >= 0.6 is 15.9 Å². The Morgan fingerprint density at radius 3 is 2.64 bits per heavy atom. The van der Waals surface area contributed by atoms with Crippen LogP contribution in [-0.4, -0.2) is 41.2 Å². The first-order chi connectivity index (χ1) is 13.4. The second-order valence-corrected chi connectivity index (χ2v) is 9.48. The third-order valence-corrected chi connectivity index (χ3v) is 7.26. The van der Waals surface area contributed by atoms with Crippen molar-refractivity contribution in [2.24, 2.45) is 0 Å². The number of carbonyl (C=O) groups is 1. The highest BCUT2D eigenvalue weighted by Crippen LogP contribution is 2.27. The molecule has 1 atom stereocenters. The lowest BCUT2D eigenvalue weighted by molar-refractivity contribution is -0.120. The number of halogens is 1. The summed E-state index contributed by atoms with van der Waals surface area (Å²) in [5.41, 5.74) is 1.54. The zero-order chi connectivity index (χ0) is 19.7. The van der Waals surface area contributed by atoms with Gasteiger partial charge in [0.05, 0.1) is 15.9 Å². The van der Waals surface area contributed by atoms with E-state index in [2.05, 4.69) is 31.2 Å². The number of carbonyl (C=O) groups excluding carboxylic acids is 1. The van der Waals surface area contributed by atoms with Gasteiger partial charge in [0.25, 0.3) is 0 Å². The highest BCUT2D eigenvalue weighted by atomic mass is 79.9. The number of anilines is 1. The number of sulfonamides is 1. The molecular formula is C19H19BrN4O3S. The molecule has 0 saturated carbocycles. The second kappa shape index (κ2) is 7.65. The van der Waals surface area contributed by atoms with Crippen molar-refractivity contribution < 1.29 is 13.2 Å². The van der Waals surface area contributed by atoms with Crippen molar-refractivity contribution in [3.8, 4) is 0 Å². The monoisotopic (exact) mass is 462 g/mol. The van der Waals surface area contributed by atoms with E-state index in [9.17, 15) is 13.2 Å². The van der Waals surface area contributed by atoms with Crippen LogP contribution in [0.3, 0.4) is 0 Å². The zero-order valence-electron chi connectivity index (χ0n) is 14.9. The van der Waals surface area contributed by atoms with Crippen LogP contribution in [0.4, 0.5) is 5.95 Å². The lowest BCUT2D eigenvalue weighted by Crippen LogP contribution is -2.49. The Morgan fingerprint density at radius 2 is 1.89 bits per heavy atom. The van der Waals surface area contributed by atoms with Gasteiger partial charge in [-0.25, -0.2) is 13.4 Å². The van der Waals surface area contributed by atoms with E-state index in [1.165, 1.54) is 4.31 Å². The molecule has 2 aromatic carbocycles. The maximum absolute atomic E-state index is 13.1. The van der Waals surface area contributed by atoms with E-state index >= 15 is 0 Å². The first-order valence-corrected chi connectivity index (χ1v) is 11.2. The Bertz CT molecular complexity index is 1080. The van der Waals surface area contributed by atoms with E-state index in [-0.39, 0.29) is 10.8 Å². The standard InChI is InChI=1S/C19H19BrN4O3S/c20-13-8-10-14(11-9-13)28(26,27)24-12-4-3-7-17(24)18(25)23-19-21-15-5-1-2-6-16(15)22-19/h1-2,5-6,8-11,17H,3-4,7,12H2,(H2,21,22,23,25). The minimum atomic E-state index is -3.77. The molecule has 1 aromatic heterocycles. The van der Waals surface area contributed by atoms with Crippen LogP contribution in [0.25, 0.3) is 11.0 Å². The summed E-state index contributed by atoms with van der Waals surface area (Å²) in [6, 6.07) is 13.1. The molecular weight excluding hydrogens is 444 g/mol. The fourth-order valence-electron chi connectivity index (χ4n) is 3.41. The van der Waals surface area contributed by atoms with E-state index in [4.69, 9.17) is 0 Å². The summed E-state index contributed by atoms with van der Waals surface area (Å²) in [4.78, 5) is 20.5. The molecule has 9 heteroatoms.